The van der Waals surface area contributed by atoms with Crippen LogP contribution in [0.1, 0.15) is 145 Å². The van der Waals surface area contributed by atoms with E-state index in [9.17, 15) is 44.4 Å². The number of nitrogens with zero attached hydrogens (tertiary/aromatic N) is 3. The number of methoxy groups -OCH3 is 1. The van der Waals surface area contributed by atoms with Gasteiger partial charge in [-0.25, -0.2) is 9.18 Å². The van der Waals surface area contributed by atoms with Gasteiger partial charge in [-0.05, 0) is 82.1 Å². The number of fused-ring (bicyclic) bond motifs is 15. The van der Waals surface area contributed by atoms with Crippen molar-refractivity contribution in [1.29, 1.82) is 0 Å². The molecule has 2 aliphatic carbocycles. The molecule has 3 aromatic rings. The van der Waals surface area contributed by atoms with Gasteiger partial charge in [0, 0.05) is 87.9 Å². The molecule has 10 rings (SSSR count). The van der Waals surface area contributed by atoms with Crippen molar-refractivity contribution in [2.45, 2.75) is 137 Å². The largest absolute Gasteiger partial charge is 0.507 e. The molecule has 1 amide bonds. The molecule has 2 saturated heterocycles. The van der Waals surface area contributed by atoms with Gasteiger partial charge in [0.15, 0.2) is 5.82 Å². The number of halogens is 1. The molecule has 0 radical (unpaired) electrons. The standard InChI is InChI=1S/C61H73FN4O16/c1-28-12-11-13-29(2)58(74)63-46-49(64-21-17-38(18-22-64)79-27-36-16-20-65(25-36)48-31(4)47-39(37-14-15-37)24-40(60(76)77)59(75)66(47)26-41(48)62)54(72)43-44(53(46)71)52(70)34(7)56-45(43)57(73)61(9,82-56)80-23-19-42(78-10)30(3)55(81-35(8)67)33(6)51(69)32(5)50(28)68/h11-13,19,23-24,26,28,30,32-33,36-38,42,50-51,55,68-70H,14-18,20-22,25,27H2,1-10H3,(H,63,74)(H,76,77)/b12-11+,23-19+,29-13-/t28-,30+,32+,33+,36?,42-,50-,51+,55+,61-/m0/s1. The van der Waals surface area contributed by atoms with Gasteiger partial charge in [-0.15, -0.1) is 0 Å². The minimum Gasteiger partial charge on any atom is -0.507 e. The molecule has 1 saturated carbocycles. The third-order valence-electron chi connectivity index (χ3n) is 17.5. The lowest BCUT2D eigenvalue weighted by atomic mass is 9.78. The van der Waals surface area contributed by atoms with Gasteiger partial charge in [0.2, 0.25) is 11.6 Å². The molecular formula is C61H73FN4O16. The maximum Gasteiger partial charge on any atom is 0.341 e. The Hall–Kier alpha value is -7.20. The number of nitrogens with one attached hydrogen (secondary N) is 1. The van der Waals surface area contributed by atoms with Crippen molar-refractivity contribution in [2.75, 3.05) is 44.8 Å². The van der Waals surface area contributed by atoms with E-state index < -0.39 is 129 Å². The van der Waals surface area contributed by atoms with Gasteiger partial charge in [0.05, 0.1) is 71.4 Å². The zero-order valence-electron chi connectivity index (χ0n) is 47.9. The first-order valence-corrected chi connectivity index (χ1v) is 28.1. The molecule has 82 heavy (non-hydrogen) atoms. The highest BCUT2D eigenvalue weighted by atomic mass is 19.1. The monoisotopic (exact) mass is 1140 g/mol. The van der Waals surface area contributed by atoms with Gasteiger partial charge in [-0.1, -0.05) is 45.9 Å². The third-order valence-corrected chi connectivity index (χ3v) is 17.5. The van der Waals surface area contributed by atoms with Gasteiger partial charge in [0.25, 0.3) is 17.2 Å². The van der Waals surface area contributed by atoms with Gasteiger partial charge < -0.3 is 59.2 Å². The number of ether oxygens (including phenoxy) is 5. The molecule has 7 aliphatic rings. The number of hydrogen-bond acceptors (Lipinski definition) is 17. The summed E-state index contributed by atoms with van der Waals surface area (Å²) in [6.45, 7) is 15.7. The highest BCUT2D eigenvalue weighted by Crippen LogP contribution is 2.50. The maximum atomic E-state index is 16.1. The van der Waals surface area contributed by atoms with Crippen LogP contribution in [0.25, 0.3) is 5.52 Å². The summed E-state index contributed by atoms with van der Waals surface area (Å²) in [7, 11) is 1.41. The molecule has 5 N–H and O–H groups in total. The average Bonchev–Trinajstić information content (AvgIpc) is 1.70. The molecule has 3 fully saturated rings. The molecule has 7 heterocycles. The van der Waals surface area contributed by atoms with Crippen molar-refractivity contribution in [3.8, 4) is 11.5 Å². The van der Waals surface area contributed by atoms with E-state index in [1.165, 1.54) is 59.3 Å². The Balaban J connectivity index is 0.989. The summed E-state index contributed by atoms with van der Waals surface area (Å²) in [5.41, 5.74) is -0.835. The van der Waals surface area contributed by atoms with Crippen molar-refractivity contribution < 1.29 is 77.3 Å². The number of ketones is 3. The van der Waals surface area contributed by atoms with Crippen LogP contribution in [0.5, 0.6) is 11.5 Å². The van der Waals surface area contributed by atoms with Gasteiger partial charge >= 0.3 is 17.7 Å². The normalized spacial score (nSPS) is 30.0. The average molecular weight is 1140 g/mol. The first-order chi connectivity index (χ1) is 38.8. The molecule has 20 nitrogen and oxygen atoms in total. The number of aryl methyl sites for hydroxylation is 1. The second kappa shape index (κ2) is 23.2. The number of esters is 1. The number of Topliss-reactive ketones (excluding diaryl/α,β-unsaturated/α-hetero) is 3. The van der Waals surface area contributed by atoms with Crippen molar-refractivity contribution >= 4 is 46.4 Å². The summed E-state index contributed by atoms with van der Waals surface area (Å²) in [5, 5.41) is 47.4. The number of phenols is 1. The van der Waals surface area contributed by atoms with Crippen LogP contribution in [0, 0.1) is 49.3 Å². The summed E-state index contributed by atoms with van der Waals surface area (Å²) in [6.07, 6.45) is 7.06. The fraction of sp³-hybridized carbons (Fsp3) is 0.525. The number of anilines is 1. The number of benzene rings is 1. The number of carboxylic acids is 1. The van der Waals surface area contributed by atoms with E-state index in [0.717, 1.165) is 23.4 Å². The van der Waals surface area contributed by atoms with Crippen molar-refractivity contribution in [1.82, 2.24) is 14.6 Å². The lowest BCUT2D eigenvalue weighted by Crippen LogP contribution is -2.46. The van der Waals surface area contributed by atoms with Gasteiger partial charge in [0.1, 0.15) is 34.6 Å². The summed E-state index contributed by atoms with van der Waals surface area (Å²) < 4.78 is 47.5. The Morgan fingerprint density at radius 2 is 1.55 bits per heavy atom. The maximum absolute atomic E-state index is 16.1. The first-order valence-electron chi connectivity index (χ1n) is 28.1. The number of likely N-dealkylation sites (tertiary alicyclic amines) is 1. The molecule has 1 aromatic carbocycles. The van der Waals surface area contributed by atoms with E-state index in [1.54, 1.807) is 51.7 Å². The predicted molar refractivity (Wildman–Crippen MR) is 296 cm³/mol. The number of aromatic nitrogens is 1. The summed E-state index contributed by atoms with van der Waals surface area (Å²) >= 11 is 0. The van der Waals surface area contributed by atoms with E-state index in [4.69, 9.17) is 23.7 Å². The van der Waals surface area contributed by atoms with Crippen LogP contribution in [0.3, 0.4) is 0 Å². The number of amides is 1. The highest BCUT2D eigenvalue weighted by molar-refractivity contribution is 6.32. The zero-order valence-corrected chi connectivity index (χ0v) is 47.9. The lowest BCUT2D eigenvalue weighted by Gasteiger charge is -2.38. The van der Waals surface area contributed by atoms with Crippen LogP contribution < -0.4 is 20.5 Å². The third kappa shape index (κ3) is 10.9. The fourth-order valence-electron chi connectivity index (χ4n) is 12.6. The summed E-state index contributed by atoms with van der Waals surface area (Å²) in [4.78, 5) is 101. The van der Waals surface area contributed by atoms with Crippen molar-refractivity contribution in [3.63, 3.8) is 0 Å². The molecule has 440 valence electrons. The van der Waals surface area contributed by atoms with Crippen molar-refractivity contribution in [3.05, 3.63) is 115 Å². The molecule has 21 heteroatoms. The number of pyridine rings is 2. The van der Waals surface area contributed by atoms with E-state index in [1.807, 2.05) is 4.90 Å². The summed E-state index contributed by atoms with van der Waals surface area (Å²) in [6, 6.07) is 1.43. The second-order valence-electron chi connectivity index (χ2n) is 23.2. The SMILES string of the molecule is CO[C@H]1/C=C/O[C@@]2(C)Oc3c(C)c(O)c4c(c3C2=O)C(=O)C(N2CCC(OCC3CCN(c5c(F)cn6c(=O)c(C(=O)O)cc(C7CC7)c6c5C)C3)CC2)=C(NC(=O)/C(C)=C\C=C\[C@H](C)[C@H](O)[C@@H](C)[C@@H](O)[C@@H](C)[C@H](OC(C)=O)[C@@H]1C)C4=O. The Labute approximate surface area is 474 Å². The van der Waals surface area contributed by atoms with Crippen LogP contribution in [-0.4, -0.2) is 141 Å². The Kier molecular flexibility index (Phi) is 16.8. The number of phenolic OH excluding ortho intramolecular Hbond substituents is 1. The molecule has 5 aliphatic heterocycles. The van der Waals surface area contributed by atoms with Crippen LogP contribution in [0.4, 0.5) is 10.1 Å². The molecular weight excluding hydrogens is 1060 g/mol. The highest BCUT2D eigenvalue weighted by Gasteiger charge is 2.53. The Bertz CT molecular complexity index is 3330. The Morgan fingerprint density at radius 1 is 0.866 bits per heavy atom. The number of carboxylic acid groups (broad SMARTS) is 1. The molecule has 5 bridgehead atoms. The topological polar surface area (TPSA) is 269 Å². The number of piperidine rings is 1. The number of aliphatic hydroxyl groups is 2. The minimum atomic E-state index is -2.15. The Morgan fingerprint density at radius 3 is 2.20 bits per heavy atom. The van der Waals surface area contributed by atoms with Gasteiger partial charge in [-0.2, -0.15) is 0 Å². The van der Waals surface area contributed by atoms with Crippen LogP contribution in [-0.2, 0) is 28.5 Å². The predicted octanol–water partition coefficient (Wildman–Crippen LogP) is 6.60. The number of carbonyl (C=O) groups is 6. The second-order valence-corrected chi connectivity index (χ2v) is 23.2. The first kappa shape index (κ1) is 59.4. The van der Waals surface area contributed by atoms with Crippen molar-refractivity contribution in [2.24, 2.45) is 29.6 Å². The number of aliphatic hydroxyl groups excluding tert-OH is 2. The van der Waals surface area contributed by atoms with Gasteiger partial charge in [-0.3, -0.25) is 33.2 Å². The fourth-order valence-corrected chi connectivity index (χ4v) is 12.6. The molecule has 2 aromatic heterocycles. The number of carbonyl (C=O) groups excluding carboxylic acids is 5. The minimum absolute atomic E-state index is 0.00978. The van der Waals surface area contributed by atoms with E-state index in [0.29, 0.717) is 61.3 Å². The van der Waals surface area contributed by atoms with Crippen LogP contribution in [0.2, 0.25) is 0 Å². The number of aromatic carboxylic acids is 1. The zero-order chi connectivity index (χ0) is 59.5. The molecule has 10 atom stereocenters. The van der Waals surface area contributed by atoms with Crippen LogP contribution >= 0.6 is 0 Å². The molecule has 1 unspecified atom stereocenters. The number of rotatable bonds is 9. The van der Waals surface area contributed by atoms with E-state index in [-0.39, 0.29) is 59.2 Å². The van der Waals surface area contributed by atoms with E-state index >= 15 is 14.0 Å². The summed E-state index contributed by atoms with van der Waals surface area (Å²) in [5.74, 6) is -11.6. The number of hydrogen-bond donors (Lipinski definition) is 5. The molecule has 0 spiro atoms. The number of aromatic hydroxyl groups is 1. The van der Waals surface area contributed by atoms with Crippen LogP contribution in [0.15, 0.2) is 64.6 Å². The lowest BCUT2D eigenvalue weighted by molar-refractivity contribution is -0.160. The van der Waals surface area contributed by atoms with E-state index in [2.05, 4.69) is 5.32 Å². The quantitative estimate of drug-likeness (QED) is 0.141. The smallest absolute Gasteiger partial charge is 0.341 e. The number of allylic oxidation sites excluding steroid dienone is 4.